The molecule has 0 unspecified atom stereocenters. The van der Waals surface area contributed by atoms with Crippen LogP contribution in [0.5, 0.6) is 0 Å². The number of nitrogens with one attached hydrogen (secondary N) is 1. The smallest absolute Gasteiger partial charge is 0.293 e. The molecule has 0 saturated heterocycles. The van der Waals surface area contributed by atoms with Gasteiger partial charge in [-0.05, 0) is 0 Å². The highest BCUT2D eigenvalue weighted by atomic mass is 32.1. The molecule has 0 aliphatic carbocycles. The lowest BCUT2D eigenvalue weighted by atomic mass is 10.6. The second-order valence-corrected chi connectivity index (χ2v) is 2.48. The number of amides is 1. The molecule has 1 aromatic rings. The Morgan fingerprint density at radius 3 is 2.67 bits per heavy atom. The van der Waals surface area contributed by atoms with Crippen LogP contribution in [0.15, 0.2) is 6.33 Å². The van der Waals surface area contributed by atoms with Crippen LogP contribution in [0.3, 0.4) is 0 Å². The lowest BCUT2D eigenvalue weighted by Gasteiger charge is -2.03. The van der Waals surface area contributed by atoms with Gasteiger partial charge in [0.2, 0.25) is 5.13 Å². The number of carbonyl (C=O) groups is 1. The van der Waals surface area contributed by atoms with Crippen LogP contribution in [0.2, 0.25) is 0 Å². The standard InChI is InChI=1S/C4H2F3N3OS/c5-4(6,7)2(11)10-3-8-1-9-12-3/h1H,(H,8,9,10,11). The summed E-state index contributed by atoms with van der Waals surface area (Å²) in [7, 11) is 0. The quantitative estimate of drug-likeness (QED) is 0.731. The Morgan fingerprint density at radius 1 is 1.58 bits per heavy atom. The van der Waals surface area contributed by atoms with Crippen LogP contribution in [-0.2, 0) is 4.79 Å². The molecule has 8 heteroatoms. The van der Waals surface area contributed by atoms with Crippen molar-refractivity contribution >= 4 is 22.6 Å². The second-order valence-electron chi connectivity index (χ2n) is 1.70. The fourth-order valence-electron chi connectivity index (χ4n) is 0.396. The van der Waals surface area contributed by atoms with E-state index >= 15 is 0 Å². The molecule has 0 saturated carbocycles. The minimum absolute atomic E-state index is 0.169. The predicted octanol–water partition coefficient (Wildman–Crippen LogP) is 1.04. The maximum absolute atomic E-state index is 11.6. The highest BCUT2D eigenvalue weighted by Crippen LogP contribution is 2.17. The fraction of sp³-hybridized carbons (Fsp3) is 0.250. The van der Waals surface area contributed by atoms with Crippen molar-refractivity contribution in [3.63, 3.8) is 0 Å². The highest BCUT2D eigenvalue weighted by molar-refractivity contribution is 7.09. The van der Waals surface area contributed by atoms with Gasteiger partial charge in [0.1, 0.15) is 6.33 Å². The monoisotopic (exact) mass is 197 g/mol. The molecular formula is C4H2F3N3OS. The van der Waals surface area contributed by atoms with Gasteiger partial charge in [0.05, 0.1) is 0 Å². The van der Waals surface area contributed by atoms with Gasteiger partial charge in [-0.3, -0.25) is 10.1 Å². The Labute approximate surface area is 68.6 Å². The molecule has 0 bridgehead atoms. The van der Waals surface area contributed by atoms with E-state index in [1.165, 1.54) is 0 Å². The highest BCUT2D eigenvalue weighted by Gasteiger charge is 2.39. The molecule has 0 atom stereocenters. The Hall–Kier alpha value is -1.18. The average Bonchev–Trinajstić information content (AvgIpc) is 2.37. The zero-order valence-electron chi connectivity index (χ0n) is 5.42. The first-order valence-corrected chi connectivity index (χ1v) is 3.42. The molecule has 0 aromatic carbocycles. The number of anilines is 1. The zero-order valence-corrected chi connectivity index (χ0v) is 6.24. The molecule has 0 fully saturated rings. The summed E-state index contributed by atoms with van der Waals surface area (Å²) in [5.41, 5.74) is 0. The molecule has 0 spiro atoms. The summed E-state index contributed by atoms with van der Waals surface area (Å²) < 4.78 is 38.2. The van der Waals surface area contributed by atoms with Gasteiger partial charge in [0, 0.05) is 11.5 Å². The van der Waals surface area contributed by atoms with Gasteiger partial charge in [-0.15, -0.1) is 0 Å². The molecule has 12 heavy (non-hydrogen) atoms. The van der Waals surface area contributed by atoms with E-state index in [4.69, 9.17) is 0 Å². The van der Waals surface area contributed by atoms with E-state index in [1.807, 2.05) is 0 Å². The summed E-state index contributed by atoms with van der Waals surface area (Å²) in [6.07, 6.45) is -3.83. The van der Waals surface area contributed by atoms with Crippen LogP contribution in [0.25, 0.3) is 0 Å². The summed E-state index contributed by atoms with van der Waals surface area (Å²) in [6.45, 7) is 0. The van der Waals surface area contributed by atoms with Crippen molar-refractivity contribution in [3.05, 3.63) is 6.33 Å². The maximum atomic E-state index is 11.6. The van der Waals surface area contributed by atoms with Crippen molar-refractivity contribution in [1.82, 2.24) is 9.36 Å². The molecule has 0 aliphatic heterocycles. The molecule has 0 aliphatic rings. The number of alkyl halides is 3. The minimum Gasteiger partial charge on any atom is -0.293 e. The molecular weight excluding hydrogens is 195 g/mol. The number of aromatic nitrogens is 2. The average molecular weight is 197 g/mol. The Morgan fingerprint density at radius 2 is 2.25 bits per heavy atom. The van der Waals surface area contributed by atoms with Crippen molar-refractivity contribution in [1.29, 1.82) is 0 Å². The summed E-state index contributed by atoms with van der Waals surface area (Å²) in [6, 6.07) is 0. The molecule has 1 amide bonds. The third-order valence-electron chi connectivity index (χ3n) is 0.839. The summed E-state index contributed by atoms with van der Waals surface area (Å²) >= 11 is 0.674. The largest absolute Gasteiger partial charge is 0.471 e. The SMILES string of the molecule is O=C(Nc1ncns1)C(F)(F)F. The van der Waals surface area contributed by atoms with E-state index in [0.29, 0.717) is 11.5 Å². The van der Waals surface area contributed by atoms with Crippen molar-refractivity contribution < 1.29 is 18.0 Å². The Balaban J connectivity index is 2.60. The fourth-order valence-corrected chi connectivity index (χ4v) is 0.823. The van der Waals surface area contributed by atoms with E-state index in [0.717, 1.165) is 6.33 Å². The maximum Gasteiger partial charge on any atom is 0.471 e. The van der Waals surface area contributed by atoms with Gasteiger partial charge >= 0.3 is 12.1 Å². The van der Waals surface area contributed by atoms with E-state index < -0.39 is 12.1 Å². The van der Waals surface area contributed by atoms with Crippen LogP contribution >= 0.6 is 11.5 Å². The summed E-state index contributed by atoms with van der Waals surface area (Å²) in [5, 5.41) is 1.37. The van der Waals surface area contributed by atoms with Crippen LogP contribution in [0.4, 0.5) is 18.3 Å². The Kier molecular flexibility index (Phi) is 2.27. The number of halogens is 3. The third-order valence-corrected chi connectivity index (χ3v) is 1.42. The second kappa shape index (κ2) is 3.05. The van der Waals surface area contributed by atoms with Crippen molar-refractivity contribution in [3.8, 4) is 0 Å². The molecule has 0 radical (unpaired) electrons. The van der Waals surface area contributed by atoms with Crippen LogP contribution in [0, 0.1) is 0 Å². The normalized spacial score (nSPS) is 11.2. The summed E-state index contributed by atoms with van der Waals surface area (Å²) in [5.74, 6) is -2.04. The van der Waals surface area contributed by atoms with E-state index in [2.05, 4.69) is 9.36 Å². The van der Waals surface area contributed by atoms with Crippen LogP contribution in [0.1, 0.15) is 0 Å². The number of nitrogens with zero attached hydrogens (tertiary/aromatic N) is 2. The van der Waals surface area contributed by atoms with Gasteiger partial charge in [0.15, 0.2) is 0 Å². The third kappa shape index (κ3) is 2.16. The molecule has 1 heterocycles. The van der Waals surface area contributed by atoms with E-state index in [1.54, 1.807) is 5.32 Å². The molecule has 66 valence electrons. The number of rotatable bonds is 1. The van der Waals surface area contributed by atoms with Gasteiger partial charge in [-0.1, -0.05) is 0 Å². The molecule has 1 aromatic heterocycles. The number of hydrogen-bond donors (Lipinski definition) is 1. The first kappa shape index (κ1) is 8.91. The molecule has 1 rings (SSSR count). The van der Waals surface area contributed by atoms with Crippen molar-refractivity contribution in [2.24, 2.45) is 0 Å². The number of carbonyl (C=O) groups excluding carboxylic acids is 1. The lowest BCUT2D eigenvalue weighted by Crippen LogP contribution is -2.29. The topological polar surface area (TPSA) is 54.9 Å². The minimum atomic E-state index is -4.88. The van der Waals surface area contributed by atoms with Gasteiger partial charge in [0.25, 0.3) is 0 Å². The molecule has 4 nitrogen and oxygen atoms in total. The van der Waals surface area contributed by atoms with Crippen LogP contribution < -0.4 is 5.32 Å². The first-order chi connectivity index (χ1) is 5.50. The van der Waals surface area contributed by atoms with Crippen molar-refractivity contribution in [2.45, 2.75) is 6.18 Å². The summed E-state index contributed by atoms with van der Waals surface area (Å²) in [4.78, 5) is 13.6. The van der Waals surface area contributed by atoms with Gasteiger partial charge in [-0.2, -0.15) is 17.5 Å². The molecule has 1 N–H and O–H groups in total. The van der Waals surface area contributed by atoms with Crippen LogP contribution in [-0.4, -0.2) is 21.4 Å². The zero-order chi connectivity index (χ0) is 9.19. The van der Waals surface area contributed by atoms with Crippen molar-refractivity contribution in [2.75, 3.05) is 5.32 Å². The van der Waals surface area contributed by atoms with Gasteiger partial charge in [-0.25, -0.2) is 4.98 Å². The Bertz CT molecular complexity index is 270. The van der Waals surface area contributed by atoms with E-state index in [9.17, 15) is 18.0 Å². The lowest BCUT2D eigenvalue weighted by molar-refractivity contribution is -0.167. The number of hydrogen-bond acceptors (Lipinski definition) is 4. The predicted molar refractivity (Wildman–Crippen MR) is 34.6 cm³/mol. The van der Waals surface area contributed by atoms with Gasteiger partial charge < -0.3 is 0 Å². The first-order valence-electron chi connectivity index (χ1n) is 2.65. The van der Waals surface area contributed by atoms with E-state index in [-0.39, 0.29) is 5.13 Å².